The van der Waals surface area contributed by atoms with Crippen molar-refractivity contribution in [3.8, 4) is 0 Å². The molecule has 0 amide bonds. The molecular weight excluding hydrogens is 204 g/mol. The van der Waals surface area contributed by atoms with Crippen LogP contribution in [0, 0.1) is 0 Å². The van der Waals surface area contributed by atoms with Crippen molar-refractivity contribution in [2.75, 3.05) is 0 Å². The summed E-state index contributed by atoms with van der Waals surface area (Å²) in [6.07, 6.45) is 0. The second kappa shape index (κ2) is 3.06. The molecule has 3 rings (SSSR count). The number of fused-ring (bicyclic) bond motifs is 3. The molecule has 1 heterocycles. The van der Waals surface area contributed by atoms with E-state index in [1.54, 1.807) is 6.07 Å². The van der Waals surface area contributed by atoms with E-state index in [9.17, 15) is 9.59 Å². The van der Waals surface area contributed by atoms with E-state index < -0.39 is 5.69 Å². The smallest absolute Gasteiger partial charge is 0.307 e. The molecule has 16 heavy (non-hydrogen) atoms. The lowest BCUT2D eigenvalue weighted by atomic mass is 10.1. The van der Waals surface area contributed by atoms with Crippen LogP contribution in [-0.2, 0) is 0 Å². The summed E-state index contributed by atoms with van der Waals surface area (Å²) in [5, 5.41) is 2.35. The van der Waals surface area contributed by atoms with Crippen molar-refractivity contribution in [2.45, 2.75) is 0 Å². The van der Waals surface area contributed by atoms with Crippen LogP contribution in [0.15, 0.2) is 46.0 Å². The molecule has 0 saturated carbocycles. The van der Waals surface area contributed by atoms with Gasteiger partial charge in [0.15, 0.2) is 0 Å². The lowest BCUT2D eigenvalue weighted by Gasteiger charge is -2.01. The Kier molecular flexibility index (Phi) is 1.71. The van der Waals surface area contributed by atoms with E-state index in [1.165, 1.54) is 0 Å². The summed E-state index contributed by atoms with van der Waals surface area (Å²) in [6.45, 7) is 0. The van der Waals surface area contributed by atoms with Crippen molar-refractivity contribution in [1.29, 1.82) is 0 Å². The van der Waals surface area contributed by atoms with Crippen LogP contribution in [0.25, 0.3) is 21.7 Å². The van der Waals surface area contributed by atoms with Crippen molar-refractivity contribution in [1.82, 2.24) is 9.97 Å². The van der Waals surface area contributed by atoms with E-state index >= 15 is 0 Å². The summed E-state index contributed by atoms with van der Waals surface area (Å²) < 4.78 is 0. The van der Waals surface area contributed by atoms with Gasteiger partial charge in [0.1, 0.15) is 0 Å². The molecule has 0 radical (unpaired) electrons. The molecule has 1 aromatic heterocycles. The van der Waals surface area contributed by atoms with Gasteiger partial charge < -0.3 is 4.98 Å². The average Bonchev–Trinajstić information content (AvgIpc) is 2.28. The van der Waals surface area contributed by atoms with Crippen molar-refractivity contribution < 1.29 is 0 Å². The van der Waals surface area contributed by atoms with Gasteiger partial charge in [0.05, 0.1) is 10.9 Å². The number of rotatable bonds is 0. The minimum absolute atomic E-state index is 0.351. The third-order valence-corrected chi connectivity index (χ3v) is 2.63. The van der Waals surface area contributed by atoms with Gasteiger partial charge in [-0.1, -0.05) is 30.3 Å². The van der Waals surface area contributed by atoms with Gasteiger partial charge in [-0.3, -0.25) is 9.78 Å². The minimum Gasteiger partial charge on any atom is -0.307 e. The Bertz CT molecular complexity index is 799. The van der Waals surface area contributed by atoms with Gasteiger partial charge in [0.25, 0.3) is 5.56 Å². The molecule has 2 aromatic carbocycles. The predicted octanol–water partition coefficient (Wildman–Crippen LogP) is 1.37. The summed E-state index contributed by atoms with van der Waals surface area (Å²) in [4.78, 5) is 27.7. The lowest BCUT2D eigenvalue weighted by molar-refractivity contribution is 1.08. The third kappa shape index (κ3) is 1.16. The second-order valence-electron chi connectivity index (χ2n) is 3.62. The van der Waals surface area contributed by atoms with E-state index in [-0.39, 0.29) is 5.56 Å². The van der Waals surface area contributed by atoms with Crippen molar-refractivity contribution >= 4 is 21.7 Å². The number of H-pyrrole nitrogens is 2. The maximum Gasteiger partial charge on any atom is 0.326 e. The molecule has 0 unspecified atom stereocenters. The van der Waals surface area contributed by atoms with Gasteiger partial charge in [-0.25, -0.2) is 4.79 Å². The van der Waals surface area contributed by atoms with Crippen molar-refractivity contribution in [2.24, 2.45) is 0 Å². The first kappa shape index (κ1) is 8.91. The van der Waals surface area contributed by atoms with Gasteiger partial charge >= 0.3 is 5.69 Å². The average molecular weight is 212 g/mol. The Balaban J connectivity index is 2.71. The first-order chi connectivity index (χ1) is 7.75. The lowest BCUT2D eigenvalue weighted by Crippen LogP contribution is -2.21. The molecular formula is C12H8N2O2. The van der Waals surface area contributed by atoms with E-state index in [4.69, 9.17) is 0 Å². The van der Waals surface area contributed by atoms with Gasteiger partial charge in [-0.15, -0.1) is 0 Å². The molecule has 0 atom stereocenters. The van der Waals surface area contributed by atoms with Gasteiger partial charge in [0.2, 0.25) is 0 Å². The summed E-state index contributed by atoms with van der Waals surface area (Å²) in [6, 6.07) is 11.2. The molecule has 78 valence electrons. The molecule has 0 aliphatic carbocycles. The fourth-order valence-corrected chi connectivity index (χ4v) is 1.94. The summed E-state index contributed by atoms with van der Waals surface area (Å²) in [5.74, 6) is 0. The molecule has 0 fully saturated rings. The maximum atomic E-state index is 11.7. The summed E-state index contributed by atoms with van der Waals surface area (Å²) in [7, 11) is 0. The summed E-state index contributed by atoms with van der Waals surface area (Å²) in [5.41, 5.74) is -0.268. The zero-order valence-electron chi connectivity index (χ0n) is 8.28. The second-order valence-corrected chi connectivity index (χ2v) is 3.62. The number of aromatic amines is 2. The zero-order valence-corrected chi connectivity index (χ0v) is 8.28. The Morgan fingerprint density at radius 1 is 0.875 bits per heavy atom. The molecule has 4 heteroatoms. The Labute approximate surface area is 89.6 Å². The SMILES string of the molecule is O=c1[nH]c(=O)c2c(ccc3ccccc32)[nH]1. The molecule has 0 bridgehead atoms. The van der Waals surface area contributed by atoms with Crippen LogP contribution in [0.5, 0.6) is 0 Å². The van der Waals surface area contributed by atoms with Crippen LogP contribution in [0.3, 0.4) is 0 Å². The molecule has 0 saturated heterocycles. The van der Waals surface area contributed by atoms with Gasteiger partial charge in [0, 0.05) is 0 Å². The van der Waals surface area contributed by atoms with E-state index in [0.717, 1.165) is 10.8 Å². The first-order valence-electron chi connectivity index (χ1n) is 4.90. The molecule has 4 nitrogen and oxygen atoms in total. The number of benzene rings is 2. The van der Waals surface area contributed by atoms with E-state index in [2.05, 4.69) is 9.97 Å². The highest BCUT2D eigenvalue weighted by atomic mass is 16.2. The van der Waals surface area contributed by atoms with Crippen molar-refractivity contribution in [3.05, 3.63) is 57.2 Å². The third-order valence-electron chi connectivity index (χ3n) is 2.63. The minimum atomic E-state index is -0.479. The highest BCUT2D eigenvalue weighted by Gasteiger charge is 2.04. The molecule has 0 spiro atoms. The monoisotopic (exact) mass is 212 g/mol. The highest BCUT2D eigenvalue weighted by Crippen LogP contribution is 2.19. The zero-order chi connectivity index (χ0) is 11.1. The molecule has 0 aliphatic rings. The number of hydrogen-bond acceptors (Lipinski definition) is 2. The topological polar surface area (TPSA) is 65.7 Å². The normalized spacial score (nSPS) is 11.0. The standard InChI is InChI=1S/C12H8N2O2/c15-11-10-8-4-2-1-3-7(8)5-6-9(10)13-12(16)14-11/h1-6H,(H2,13,14,15,16). The highest BCUT2D eigenvalue weighted by molar-refractivity contribution is 6.05. The van der Waals surface area contributed by atoms with Crippen LogP contribution in [0.1, 0.15) is 0 Å². The van der Waals surface area contributed by atoms with Gasteiger partial charge in [-0.05, 0) is 16.8 Å². The van der Waals surface area contributed by atoms with Crippen LogP contribution in [0.2, 0.25) is 0 Å². The molecule has 3 aromatic rings. The number of aromatic nitrogens is 2. The fourth-order valence-electron chi connectivity index (χ4n) is 1.94. The van der Waals surface area contributed by atoms with E-state index in [1.807, 2.05) is 30.3 Å². The quantitative estimate of drug-likeness (QED) is 0.553. The largest absolute Gasteiger partial charge is 0.326 e. The van der Waals surface area contributed by atoms with E-state index in [0.29, 0.717) is 10.9 Å². The van der Waals surface area contributed by atoms with Crippen LogP contribution >= 0.6 is 0 Å². The molecule has 2 N–H and O–H groups in total. The van der Waals surface area contributed by atoms with Crippen LogP contribution in [0.4, 0.5) is 0 Å². The Hall–Kier alpha value is -2.36. The number of nitrogens with one attached hydrogen (secondary N) is 2. The fraction of sp³-hybridized carbons (Fsp3) is 0. The number of hydrogen-bond donors (Lipinski definition) is 2. The van der Waals surface area contributed by atoms with Gasteiger partial charge in [-0.2, -0.15) is 0 Å². The Morgan fingerprint density at radius 2 is 1.69 bits per heavy atom. The molecule has 0 aliphatic heterocycles. The summed E-state index contributed by atoms with van der Waals surface area (Å²) >= 11 is 0. The van der Waals surface area contributed by atoms with Crippen LogP contribution < -0.4 is 11.2 Å². The van der Waals surface area contributed by atoms with Crippen molar-refractivity contribution in [3.63, 3.8) is 0 Å². The Morgan fingerprint density at radius 3 is 2.56 bits per heavy atom. The van der Waals surface area contributed by atoms with Crippen LogP contribution in [-0.4, -0.2) is 9.97 Å². The predicted molar refractivity (Wildman–Crippen MR) is 62.7 cm³/mol. The maximum absolute atomic E-state index is 11.7. The first-order valence-corrected chi connectivity index (χ1v) is 4.90.